The molecule has 0 saturated carbocycles. The first kappa shape index (κ1) is 51.2. The molecule has 0 fully saturated rings. The maximum atomic E-state index is 8.29. The van der Waals surface area contributed by atoms with Gasteiger partial charge in [0, 0.05) is 29.5 Å². The average molecular weight is 1020 g/mol. The third-order valence-corrected chi connectivity index (χ3v) is 19.8. The molecule has 63 heavy (non-hydrogen) atoms. The SMILES string of the molecule is C(=C/[PH+](c1ccccc1)c1ccccc1)/[PH+](c1ccccc1)c1ccccc1.C(=C/[PH+](c1ccccc1)c1ccccc1)/[PH+](c1ccccc1)c1ccccc1.O=[S+][O-].O=[S+][O-].[Mo]. The Labute approximate surface area is 399 Å². The minimum absolute atomic E-state index is 0. The molecule has 8 aromatic rings. The van der Waals surface area contributed by atoms with Gasteiger partial charge in [-0.05, 0) is 97.1 Å². The van der Waals surface area contributed by atoms with Crippen LogP contribution in [-0.4, -0.2) is 9.11 Å². The third-order valence-electron chi connectivity index (χ3n) is 9.51. The summed E-state index contributed by atoms with van der Waals surface area (Å²) in [5.41, 5.74) is 0. The van der Waals surface area contributed by atoms with Gasteiger partial charge in [-0.1, -0.05) is 146 Å². The Kier molecular flexibility index (Phi) is 24.9. The van der Waals surface area contributed by atoms with Crippen LogP contribution in [0.3, 0.4) is 0 Å². The number of benzene rings is 8. The van der Waals surface area contributed by atoms with Gasteiger partial charge in [-0.25, -0.2) is 0 Å². The van der Waals surface area contributed by atoms with E-state index in [1.54, 1.807) is 0 Å². The van der Waals surface area contributed by atoms with E-state index in [1.807, 2.05) is 0 Å². The monoisotopic (exact) mass is 1020 g/mol. The van der Waals surface area contributed by atoms with Crippen LogP contribution >= 0.6 is 31.7 Å². The predicted molar refractivity (Wildman–Crippen MR) is 278 cm³/mol. The van der Waals surface area contributed by atoms with Crippen LogP contribution in [0.5, 0.6) is 0 Å². The molecular formula is C52H48MoO4P4S2+4. The topological polar surface area (TPSA) is 80.3 Å². The largest absolute Gasteiger partial charge is 0.498 e. The summed E-state index contributed by atoms with van der Waals surface area (Å²) >= 11 is -1.50. The van der Waals surface area contributed by atoms with E-state index >= 15 is 0 Å². The van der Waals surface area contributed by atoms with Gasteiger partial charge in [0.1, 0.15) is 65.7 Å². The molecule has 0 saturated heterocycles. The fourth-order valence-corrected chi connectivity index (χ4v) is 16.7. The van der Waals surface area contributed by atoms with Gasteiger partial charge in [0.25, 0.3) is 0 Å². The van der Waals surface area contributed by atoms with Gasteiger partial charge in [0.15, 0.2) is 0 Å². The molecule has 8 aromatic carbocycles. The van der Waals surface area contributed by atoms with Crippen LogP contribution in [0.1, 0.15) is 0 Å². The van der Waals surface area contributed by atoms with Crippen molar-refractivity contribution in [2.75, 3.05) is 0 Å². The smallest absolute Gasteiger partial charge is 0.460 e. The van der Waals surface area contributed by atoms with Gasteiger partial charge in [-0.15, -0.1) is 0 Å². The Morgan fingerprint density at radius 3 is 0.444 bits per heavy atom. The molecule has 4 nitrogen and oxygen atoms in total. The molecular weight excluding hydrogens is 973 g/mol. The molecule has 314 valence electrons. The normalized spacial score (nSPS) is 10.5. The van der Waals surface area contributed by atoms with Crippen molar-refractivity contribution in [2.24, 2.45) is 0 Å². The number of rotatable bonds is 12. The van der Waals surface area contributed by atoms with Gasteiger partial charge in [0.05, 0.1) is 31.7 Å². The summed E-state index contributed by atoms with van der Waals surface area (Å²) in [6.45, 7) is 0. The molecule has 0 bridgehead atoms. The van der Waals surface area contributed by atoms with Crippen molar-refractivity contribution in [3.8, 4) is 0 Å². The maximum absolute atomic E-state index is 8.29. The second kappa shape index (κ2) is 30.6. The van der Waals surface area contributed by atoms with Gasteiger partial charge in [-0.2, -0.15) is 0 Å². The Morgan fingerprint density at radius 2 is 0.349 bits per heavy atom. The first-order chi connectivity index (χ1) is 30.7. The molecule has 0 aromatic heterocycles. The second-order valence-corrected chi connectivity index (χ2v) is 22.9. The zero-order valence-corrected chi connectivity index (χ0v) is 41.9. The summed E-state index contributed by atoms with van der Waals surface area (Å²) in [5, 5.41) is 11.4. The van der Waals surface area contributed by atoms with Crippen LogP contribution in [0.4, 0.5) is 0 Å². The van der Waals surface area contributed by atoms with Gasteiger partial charge in [0.2, 0.25) is 0 Å². The molecule has 0 aliphatic carbocycles. The average Bonchev–Trinajstić information content (AvgIpc) is 3.35. The van der Waals surface area contributed by atoms with Crippen LogP contribution in [0.2, 0.25) is 0 Å². The van der Waals surface area contributed by atoms with Crippen molar-refractivity contribution >= 4 is 98.0 Å². The first-order valence-corrected chi connectivity index (χ1v) is 27.4. The first-order valence-electron chi connectivity index (χ1n) is 19.8. The Morgan fingerprint density at radius 1 is 0.254 bits per heavy atom. The quantitative estimate of drug-likeness (QED) is 0.0529. The number of hydrogen-bond donors (Lipinski definition) is 0. The van der Waals surface area contributed by atoms with Crippen molar-refractivity contribution in [3.05, 3.63) is 266 Å². The van der Waals surface area contributed by atoms with Gasteiger partial charge in [-0.3, -0.25) is 0 Å². The molecule has 0 aliphatic rings. The van der Waals surface area contributed by atoms with Crippen molar-refractivity contribution < 1.29 is 38.6 Å². The van der Waals surface area contributed by atoms with E-state index in [0.717, 1.165) is 0 Å². The van der Waals surface area contributed by atoms with Gasteiger partial charge >= 0.3 is 23.9 Å². The summed E-state index contributed by atoms with van der Waals surface area (Å²) in [6, 6.07) is 87.5. The summed E-state index contributed by atoms with van der Waals surface area (Å²) < 4.78 is 33.2. The van der Waals surface area contributed by atoms with Crippen LogP contribution in [-0.2, 0) is 53.4 Å². The molecule has 0 aliphatic heterocycles. The fraction of sp³-hybridized carbons (Fsp3) is 0. The molecule has 11 heteroatoms. The zero-order chi connectivity index (χ0) is 43.5. The molecule has 0 heterocycles. The Balaban J connectivity index is 0.000000243. The van der Waals surface area contributed by atoms with E-state index in [2.05, 4.69) is 266 Å². The van der Waals surface area contributed by atoms with Crippen molar-refractivity contribution in [1.29, 1.82) is 0 Å². The van der Waals surface area contributed by atoms with Crippen molar-refractivity contribution in [3.63, 3.8) is 0 Å². The van der Waals surface area contributed by atoms with E-state index in [-0.39, 0.29) is 21.1 Å². The maximum Gasteiger partial charge on any atom is 0.460 e. The third kappa shape index (κ3) is 17.3. The summed E-state index contributed by atoms with van der Waals surface area (Å²) in [7, 11) is -3.86. The van der Waals surface area contributed by atoms with Crippen LogP contribution in [0.25, 0.3) is 0 Å². The van der Waals surface area contributed by atoms with E-state index in [4.69, 9.17) is 17.5 Å². The molecule has 8 rings (SSSR count). The Bertz CT molecular complexity index is 1980. The van der Waals surface area contributed by atoms with Crippen molar-refractivity contribution in [1.82, 2.24) is 0 Å². The van der Waals surface area contributed by atoms with E-state index in [0.29, 0.717) is 0 Å². The predicted octanol–water partition coefficient (Wildman–Crippen LogP) is 9.46. The summed E-state index contributed by atoms with van der Waals surface area (Å²) in [5.74, 6) is 10.0. The molecule has 0 N–H and O–H groups in total. The van der Waals surface area contributed by atoms with Crippen molar-refractivity contribution in [2.45, 2.75) is 0 Å². The van der Waals surface area contributed by atoms with Crippen LogP contribution in [0.15, 0.2) is 266 Å². The van der Waals surface area contributed by atoms with Gasteiger partial charge < -0.3 is 9.11 Å². The summed E-state index contributed by atoms with van der Waals surface area (Å²) in [6.07, 6.45) is 0. The fourth-order valence-electron chi connectivity index (χ4n) is 6.71. The molecule has 0 atom stereocenters. The zero-order valence-electron chi connectivity index (χ0n) is 34.3. The molecule has 0 unspecified atom stereocenters. The molecule has 0 amide bonds. The van der Waals surface area contributed by atoms with E-state index in [9.17, 15) is 0 Å². The standard InChI is InChI=1S/2C26H22P2.Mo.2O2S/c2*1-5-13-23(14-6-1)27(24-15-7-2-8-16-24)21-22-28(25-17-9-3-10-18-25)26-19-11-4-12-20-26;;2*1-3-2/h2*1-22H;;;/p+4/b2*22-21-;;;. The summed E-state index contributed by atoms with van der Waals surface area (Å²) in [4.78, 5) is 0. The minimum atomic E-state index is -0.964. The van der Waals surface area contributed by atoms with Crippen LogP contribution in [0, 0.1) is 0 Å². The minimum Gasteiger partial charge on any atom is -0.498 e. The molecule has 0 spiro atoms. The Hall–Kier alpha value is -4.39. The second-order valence-electron chi connectivity index (χ2n) is 13.4. The number of hydrogen-bond acceptors (Lipinski definition) is 4. The van der Waals surface area contributed by atoms with E-state index < -0.39 is 55.6 Å². The van der Waals surface area contributed by atoms with E-state index in [1.165, 1.54) is 42.4 Å². The molecule has 0 radical (unpaired) electrons. The van der Waals surface area contributed by atoms with Crippen LogP contribution < -0.4 is 42.4 Å².